The molecule has 0 spiro atoms. The smallest absolute Gasteiger partial charge is 0.300 e. The van der Waals surface area contributed by atoms with Gasteiger partial charge in [-0.05, 0) is 12.1 Å². The summed E-state index contributed by atoms with van der Waals surface area (Å²) in [6, 6.07) is 8.09. The van der Waals surface area contributed by atoms with E-state index in [0.717, 1.165) is 12.1 Å². The van der Waals surface area contributed by atoms with Gasteiger partial charge in [-0.15, -0.1) is 0 Å². The van der Waals surface area contributed by atoms with Gasteiger partial charge in [-0.2, -0.15) is 0 Å². The Labute approximate surface area is 135 Å². The molecule has 0 bridgehead atoms. The number of nitro benzene ring substituents is 2. The number of anilines is 2. The zero-order valence-electron chi connectivity index (χ0n) is 12.4. The van der Waals surface area contributed by atoms with Crippen LogP contribution in [-0.2, 0) is 0 Å². The van der Waals surface area contributed by atoms with Gasteiger partial charge < -0.3 is 15.8 Å². The van der Waals surface area contributed by atoms with Crippen LogP contribution >= 0.6 is 0 Å². The van der Waals surface area contributed by atoms with E-state index in [-0.39, 0.29) is 11.3 Å². The van der Waals surface area contributed by atoms with Crippen molar-refractivity contribution in [3.8, 4) is 5.75 Å². The number of rotatable bonds is 6. The number of nitrogens with two attached hydrogens (primary N) is 1. The summed E-state index contributed by atoms with van der Waals surface area (Å²) >= 11 is 0. The molecule has 2 aromatic carbocycles. The molecule has 0 heterocycles. The number of carbonyl (C=O) groups excluding carboxylic acids is 1. The van der Waals surface area contributed by atoms with Crippen LogP contribution in [0, 0.1) is 20.2 Å². The van der Waals surface area contributed by atoms with Crippen molar-refractivity contribution in [2.45, 2.75) is 0 Å². The van der Waals surface area contributed by atoms with Crippen LogP contribution in [0.25, 0.3) is 0 Å². The first-order valence-corrected chi connectivity index (χ1v) is 6.51. The molecule has 124 valence electrons. The van der Waals surface area contributed by atoms with Crippen LogP contribution in [0.15, 0.2) is 36.4 Å². The van der Waals surface area contributed by atoms with E-state index in [4.69, 9.17) is 10.5 Å². The quantitative estimate of drug-likeness (QED) is 0.608. The van der Waals surface area contributed by atoms with Crippen molar-refractivity contribution in [1.82, 2.24) is 0 Å². The minimum atomic E-state index is -1.01. The first kappa shape index (κ1) is 16.7. The summed E-state index contributed by atoms with van der Waals surface area (Å²) < 4.78 is 5.03. The summed E-state index contributed by atoms with van der Waals surface area (Å²) in [7, 11) is 1.44. The summed E-state index contributed by atoms with van der Waals surface area (Å²) in [4.78, 5) is 32.1. The van der Waals surface area contributed by atoms with Gasteiger partial charge in [0.15, 0.2) is 5.69 Å². The van der Waals surface area contributed by atoms with E-state index in [1.54, 1.807) is 18.2 Å². The van der Waals surface area contributed by atoms with E-state index in [1.807, 2.05) is 0 Å². The first-order chi connectivity index (χ1) is 11.3. The number of nitro groups is 2. The molecule has 0 aromatic heterocycles. The third-order valence-electron chi connectivity index (χ3n) is 3.11. The summed E-state index contributed by atoms with van der Waals surface area (Å²) in [5.41, 5.74) is 3.45. The molecule has 24 heavy (non-hydrogen) atoms. The van der Waals surface area contributed by atoms with Crippen molar-refractivity contribution in [2.24, 2.45) is 5.73 Å². The Bertz CT molecular complexity index is 801. The van der Waals surface area contributed by atoms with Crippen molar-refractivity contribution >= 4 is 28.7 Å². The Morgan fingerprint density at radius 2 is 1.71 bits per heavy atom. The molecule has 0 atom stereocenters. The van der Waals surface area contributed by atoms with Crippen molar-refractivity contribution in [3.63, 3.8) is 0 Å². The Morgan fingerprint density at radius 1 is 1.12 bits per heavy atom. The van der Waals surface area contributed by atoms with E-state index >= 15 is 0 Å². The molecule has 0 fully saturated rings. The predicted octanol–water partition coefficient (Wildman–Crippen LogP) is 2.35. The van der Waals surface area contributed by atoms with Gasteiger partial charge in [0, 0.05) is 23.9 Å². The largest absolute Gasteiger partial charge is 0.497 e. The molecule has 2 aromatic rings. The maximum Gasteiger partial charge on any atom is 0.300 e. The van der Waals surface area contributed by atoms with Gasteiger partial charge in [0.05, 0.1) is 22.5 Å². The van der Waals surface area contributed by atoms with Gasteiger partial charge >= 0.3 is 11.4 Å². The molecular formula is C14H12N4O6. The molecule has 0 aliphatic carbocycles. The maximum atomic E-state index is 11.3. The lowest BCUT2D eigenvalue weighted by Crippen LogP contribution is -2.13. The molecule has 0 saturated carbocycles. The van der Waals surface area contributed by atoms with Crippen LogP contribution in [0.4, 0.5) is 22.7 Å². The summed E-state index contributed by atoms with van der Waals surface area (Å²) in [5.74, 6) is -0.548. The van der Waals surface area contributed by atoms with E-state index in [0.29, 0.717) is 11.4 Å². The summed E-state index contributed by atoms with van der Waals surface area (Å²) in [6.07, 6.45) is 0. The second kappa shape index (κ2) is 6.60. The molecule has 10 nitrogen and oxygen atoms in total. The normalized spacial score (nSPS) is 10.0. The number of methoxy groups -OCH3 is 1. The molecular weight excluding hydrogens is 320 g/mol. The fraction of sp³-hybridized carbons (Fsp3) is 0.0714. The van der Waals surface area contributed by atoms with Crippen molar-refractivity contribution in [2.75, 3.05) is 12.4 Å². The fourth-order valence-electron chi connectivity index (χ4n) is 2.02. The molecule has 2 rings (SSSR count). The zero-order chi connectivity index (χ0) is 17.9. The highest BCUT2D eigenvalue weighted by Gasteiger charge is 2.28. The molecule has 10 heteroatoms. The van der Waals surface area contributed by atoms with Gasteiger partial charge in [0.2, 0.25) is 5.91 Å². The summed E-state index contributed by atoms with van der Waals surface area (Å²) in [5, 5.41) is 25.1. The third-order valence-corrected chi connectivity index (χ3v) is 3.11. The fourth-order valence-corrected chi connectivity index (χ4v) is 2.02. The number of nitrogens with zero attached hydrogens (tertiary/aromatic N) is 2. The van der Waals surface area contributed by atoms with E-state index in [2.05, 4.69) is 5.32 Å². The molecule has 0 aliphatic heterocycles. The highest BCUT2D eigenvalue weighted by molar-refractivity contribution is 5.96. The Hall–Kier alpha value is -3.69. The van der Waals surface area contributed by atoms with Crippen LogP contribution in [0.1, 0.15) is 10.4 Å². The van der Waals surface area contributed by atoms with Crippen molar-refractivity contribution in [1.29, 1.82) is 0 Å². The number of ether oxygens (including phenoxy) is 1. The minimum absolute atomic E-state index is 0.329. The van der Waals surface area contributed by atoms with Gasteiger partial charge in [-0.3, -0.25) is 25.0 Å². The molecule has 0 saturated heterocycles. The van der Waals surface area contributed by atoms with Gasteiger partial charge in [-0.1, -0.05) is 6.07 Å². The Balaban J connectivity index is 2.63. The highest BCUT2D eigenvalue weighted by atomic mass is 16.6. The standard InChI is InChI=1S/C14H12N4O6/c1-24-10-4-2-3-9(7-10)16-13-11(17(20)21)5-8(14(15)19)6-12(13)18(22)23/h2-7,16H,1H3,(H2,15,19). The lowest BCUT2D eigenvalue weighted by molar-refractivity contribution is -0.392. The molecule has 0 aliphatic rings. The molecule has 3 N–H and O–H groups in total. The van der Waals surface area contributed by atoms with Crippen LogP contribution in [0.5, 0.6) is 5.75 Å². The first-order valence-electron chi connectivity index (χ1n) is 6.51. The second-order valence-corrected chi connectivity index (χ2v) is 4.62. The number of hydrogen-bond donors (Lipinski definition) is 2. The average molecular weight is 332 g/mol. The van der Waals surface area contributed by atoms with Crippen LogP contribution in [0.3, 0.4) is 0 Å². The van der Waals surface area contributed by atoms with Gasteiger partial charge in [0.25, 0.3) is 0 Å². The lowest BCUT2D eigenvalue weighted by Gasteiger charge is -2.10. The number of amides is 1. The molecule has 0 unspecified atom stereocenters. The average Bonchev–Trinajstić information content (AvgIpc) is 2.54. The zero-order valence-corrected chi connectivity index (χ0v) is 12.4. The van der Waals surface area contributed by atoms with Crippen LogP contribution < -0.4 is 15.8 Å². The van der Waals surface area contributed by atoms with E-state index in [9.17, 15) is 25.0 Å². The second-order valence-electron chi connectivity index (χ2n) is 4.62. The highest BCUT2D eigenvalue weighted by Crippen LogP contribution is 2.38. The maximum absolute atomic E-state index is 11.3. The van der Waals surface area contributed by atoms with Crippen LogP contribution in [-0.4, -0.2) is 22.9 Å². The Kier molecular flexibility index (Phi) is 4.59. The SMILES string of the molecule is COc1cccc(Nc2c([N+](=O)[O-])cc(C(N)=O)cc2[N+](=O)[O-])c1. The molecule has 0 radical (unpaired) electrons. The number of nitrogens with one attached hydrogen (secondary N) is 1. The molecule has 1 amide bonds. The number of carbonyl (C=O) groups is 1. The summed E-state index contributed by atoms with van der Waals surface area (Å²) in [6.45, 7) is 0. The minimum Gasteiger partial charge on any atom is -0.497 e. The van der Waals surface area contributed by atoms with Gasteiger partial charge in [-0.25, -0.2) is 0 Å². The Morgan fingerprint density at radius 3 is 2.17 bits per heavy atom. The number of benzene rings is 2. The van der Waals surface area contributed by atoms with Gasteiger partial charge in [0.1, 0.15) is 5.75 Å². The van der Waals surface area contributed by atoms with E-state index in [1.165, 1.54) is 13.2 Å². The predicted molar refractivity (Wildman–Crippen MR) is 84.5 cm³/mol. The lowest BCUT2D eigenvalue weighted by atomic mass is 10.1. The van der Waals surface area contributed by atoms with Crippen LogP contribution in [0.2, 0.25) is 0 Å². The third kappa shape index (κ3) is 3.38. The van der Waals surface area contributed by atoms with Crippen molar-refractivity contribution in [3.05, 3.63) is 62.2 Å². The number of primary amides is 1. The topological polar surface area (TPSA) is 151 Å². The monoisotopic (exact) mass is 332 g/mol. The number of hydrogen-bond acceptors (Lipinski definition) is 7. The van der Waals surface area contributed by atoms with Crippen molar-refractivity contribution < 1.29 is 19.4 Å². The van der Waals surface area contributed by atoms with E-state index < -0.39 is 27.1 Å².